The third-order valence-electron chi connectivity index (χ3n) is 22.2. The number of imide groups is 2. The zero-order valence-electron chi connectivity index (χ0n) is 64.2. The molecule has 572 valence electrons. The summed E-state index contributed by atoms with van der Waals surface area (Å²) in [6.07, 6.45) is 0.304. The summed E-state index contributed by atoms with van der Waals surface area (Å²) < 4.78 is 52.1. The van der Waals surface area contributed by atoms with Crippen molar-refractivity contribution in [3.63, 3.8) is 0 Å². The number of nitrogens with zero attached hydrogens (tertiary/aromatic N) is 6. The lowest BCUT2D eigenvalue weighted by atomic mass is 9.80. The number of fused-ring (bicyclic) bond motifs is 2. The van der Waals surface area contributed by atoms with Crippen molar-refractivity contribution >= 4 is 89.9 Å². The van der Waals surface area contributed by atoms with E-state index in [9.17, 15) is 0 Å². The van der Waals surface area contributed by atoms with Crippen LogP contribution in [-0.4, -0.2) is 171 Å². The number of ether oxygens (including phenoxy) is 8. The fourth-order valence-corrected chi connectivity index (χ4v) is 15.7. The monoisotopic (exact) mass is 1500 g/mol. The average Bonchev–Trinajstić information content (AvgIpc) is 1.42. The molecular weight excluding hydrogens is 1410 g/mol. The Kier molecular flexibility index (Phi) is 20.1. The molecule has 112 heavy (non-hydrogen) atoms. The van der Waals surface area contributed by atoms with Gasteiger partial charge in [0.05, 0.1) is 73.1 Å². The first-order valence-electron chi connectivity index (χ1n) is 39.1. The summed E-state index contributed by atoms with van der Waals surface area (Å²) in [7, 11) is 0. The number of epoxide rings is 4. The number of amides is 6. The molecule has 0 saturated carbocycles. The quantitative estimate of drug-likeness (QED) is 0.0166. The van der Waals surface area contributed by atoms with Crippen LogP contribution < -0.4 is 28.7 Å². The normalized spacial score (nSPS) is 17.6. The van der Waals surface area contributed by atoms with Gasteiger partial charge in [0, 0.05) is 107 Å². The van der Waals surface area contributed by atoms with E-state index in [0.29, 0.717) is 132 Å². The molecule has 6 amide bonds. The van der Waals surface area contributed by atoms with E-state index in [1.807, 2.05) is 158 Å². The number of para-hydroxylation sites is 2. The minimum atomic E-state index is -0.762. The van der Waals surface area contributed by atoms with Crippen molar-refractivity contribution in [2.75, 3.05) is 102 Å². The highest BCUT2D eigenvalue weighted by atomic mass is 16.6. The van der Waals surface area contributed by atoms with Gasteiger partial charge in [0.25, 0.3) is 23.6 Å². The largest absolute Gasteiger partial charge is 0.457 e. The second-order valence-corrected chi connectivity index (χ2v) is 31.5. The highest BCUT2D eigenvalue weighted by molar-refractivity contribution is 6.45. The summed E-state index contributed by atoms with van der Waals surface area (Å²) in [6.45, 7) is 22.1. The van der Waals surface area contributed by atoms with Crippen LogP contribution in [0.15, 0.2) is 182 Å². The molecule has 4 fully saturated rings. The lowest BCUT2D eigenvalue weighted by Gasteiger charge is -2.34. The molecule has 4 atom stereocenters. The van der Waals surface area contributed by atoms with Gasteiger partial charge in [-0.05, 0) is 143 Å². The van der Waals surface area contributed by atoms with Crippen LogP contribution >= 0.6 is 0 Å². The molecule has 0 N–H and O–H groups in total. The maximum atomic E-state index is 16.4. The Hall–Kier alpha value is -11.1. The SMILES string of the molecule is CC(C)c1ccc(Oc2cc3c4c(cc(Oc5ccc(C(C)C)cc5)c5c6c(Oc7ccc(C(C)C)cc7)cc7c8c(cc(Oc9ccc(C(C)C)cc9)c(c2c45)c86)C(=O)N(CC(=O)N(CCN(CC2CO2)CC2CO2)c2ccccc2)C7=O)C(=O)N(CC(=O)N(CCN(CC2CO2)CC2CO2)c2ccccc2)C3=O)cc1. The van der Waals surface area contributed by atoms with E-state index in [2.05, 4.69) is 65.2 Å². The minimum absolute atomic E-state index is 0.0413. The summed E-state index contributed by atoms with van der Waals surface area (Å²) in [5.74, 6) is -1.39. The summed E-state index contributed by atoms with van der Waals surface area (Å²) in [5, 5.41) is 2.38. The first kappa shape index (κ1) is 73.7. The van der Waals surface area contributed by atoms with Crippen LogP contribution in [0.2, 0.25) is 0 Å². The van der Waals surface area contributed by atoms with E-state index >= 15 is 28.8 Å². The Morgan fingerprint density at radius 2 is 0.580 bits per heavy atom. The van der Waals surface area contributed by atoms with Gasteiger partial charge in [-0.25, -0.2) is 0 Å². The highest BCUT2D eigenvalue weighted by Crippen LogP contribution is 2.58. The second kappa shape index (κ2) is 30.5. The van der Waals surface area contributed by atoms with Crippen molar-refractivity contribution in [2.24, 2.45) is 0 Å². The summed E-state index contributed by atoms with van der Waals surface area (Å²) in [5.41, 5.74) is 5.50. The molecule has 11 aromatic carbocycles. The van der Waals surface area contributed by atoms with Crippen LogP contribution in [-0.2, 0) is 28.5 Å². The van der Waals surface area contributed by atoms with Crippen molar-refractivity contribution in [1.82, 2.24) is 19.6 Å². The molecule has 11 aromatic rings. The smallest absolute Gasteiger partial charge is 0.262 e. The van der Waals surface area contributed by atoms with Crippen molar-refractivity contribution in [1.29, 1.82) is 0 Å². The van der Waals surface area contributed by atoms with Gasteiger partial charge < -0.3 is 47.7 Å². The Labute approximate surface area is 650 Å². The third-order valence-corrected chi connectivity index (χ3v) is 22.2. The molecule has 20 heteroatoms. The number of hydrogen-bond acceptors (Lipinski definition) is 16. The maximum Gasteiger partial charge on any atom is 0.262 e. The molecular formula is C92H90N6O14. The molecule has 0 aromatic heterocycles. The molecule has 6 aliphatic rings. The number of rotatable bonds is 32. The van der Waals surface area contributed by atoms with E-state index in [0.717, 1.165) is 32.1 Å². The second-order valence-electron chi connectivity index (χ2n) is 31.5. The van der Waals surface area contributed by atoms with Crippen LogP contribution in [0.25, 0.3) is 43.1 Å². The standard InChI is InChI=1S/C92H90N6O14/c1-53(2)57-19-27-63(28-20-57)109-75-39-71-81-72(90(102)97(89(71)101)47-79(99)95(61-15-11-9-12-16-61)37-35-93(43-67-49-105-67)44-68-50-106-68)41-77(111-65-31-23-59(24-32-65)55(5)6)85-86-78(112-66-33-25-60(26-34-66)56(7)8)42-74-82-73(40-76(84(88(82)86)83(75)87(81)85)110-64-29-21-58(22-30-64)54(3)4)91(103)98(92(74)104)48-80(100)96(62-17-13-10-14-18-62)38-36-94(45-69-51-107-69)46-70-52-108-70/h9-34,39-42,53-56,67-70H,35-38,43-52H2,1-8H3. The van der Waals surface area contributed by atoms with Gasteiger partial charge in [-0.3, -0.25) is 48.4 Å². The molecule has 6 heterocycles. The number of benzene rings is 11. The first-order chi connectivity index (χ1) is 54.2. The first-order valence-corrected chi connectivity index (χ1v) is 39.1. The summed E-state index contributed by atoms with van der Waals surface area (Å²) >= 11 is 0. The number of carbonyl (C=O) groups is 6. The molecule has 17 rings (SSSR count). The zero-order valence-corrected chi connectivity index (χ0v) is 64.2. The van der Waals surface area contributed by atoms with Gasteiger partial charge >= 0.3 is 0 Å². The van der Waals surface area contributed by atoms with E-state index in [1.54, 1.807) is 34.1 Å². The molecule has 0 radical (unpaired) electrons. The van der Waals surface area contributed by atoms with Crippen LogP contribution in [0.5, 0.6) is 46.0 Å². The Bertz CT molecular complexity index is 4850. The van der Waals surface area contributed by atoms with Crippen LogP contribution in [0.4, 0.5) is 11.4 Å². The van der Waals surface area contributed by atoms with Gasteiger partial charge in [0.2, 0.25) is 11.8 Å². The van der Waals surface area contributed by atoms with E-state index in [-0.39, 0.29) is 117 Å². The average molecular weight is 1500 g/mol. The molecule has 4 saturated heterocycles. The highest BCUT2D eigenvalue weighted by Gasteiger charge is 2.44. The van der Waals surface area contributed by atoms with Crippen LogP contribution in [0.3, 0.4) is 0 Å². The maximum absolute atomic E-state index is 16.4. The number of hydrogen-bond donors (Lipinski definition) is 0. The van der Waals surface area contributed by atoms with Gasteiger partial charge in [-0.15, -0.1) is 0 Å². The van der Waals surface area contributed by atoms with Crippen molar-refractivity contribution in [2.45, 2.75) is 103 Å². The summed E-state index contributed by atoms with van der Waals surface area (Å²) in [4.78, 5) is 106. The lowest BCUT2D eigenvalue weighted by Crippen LogP contribution is -2.49. The van der Waals surface area contributed by atoms with E-state index in [1.165, 1.54) is 0 Å². The van der Waals surface area contributed by atoms with Gasteiger partial charge in [0.15, 0.2) is 0 Å². The van der Waals surface area contributed by atoms with Crippen LogP contribution in [0.1, 0.15) is 143 Å². The zero-order chi connectivity index (χ0) is 77.3. The minimum Gasteiger partial charge on any atom is -0.457 e. The van der Waals surface area contributed by atoms with Gasteiger partial charge in [0.1, 0.15) is 59.1 Å². The topological polar surface area (TPSA) is 209 Å². The number of anilines is 2. The fraction of sp³-hybridized carbons (Fsp3) is 0.326. The number of carbonyl (C=O) groups excluding carboxylic acids is 6. The van der Waals surface area contributed by atoms with Crippen molar-refractivity contribution in [3.05, 3.63) is 226 Å². The molecule has 6 aliphatic heterocycles. The Balaban J connectivity index is 0.906. The van der Waals surface area contributed by atoms with Gasteiger partial charge in [-0.1, -0.05) is 140 Å². The lowest BCUT2D eigenvalue weighted by molar-refractivity contribution is -0.119. The molecule has 0 aliphatic carbocycles. The fourth-order valence-electron chi connectivity index (χ4n) is 15.7. The molecule has 0 bridgehead atoms. The van der Waals surface area contributed by atoms with Crippen molar-refractivity contribution < 1.29 is 66.7 Å². The predicted octanol–water partition coefficient (Wildman–Crippen LogP) is 16.9. The van der Waals surface area contributed by atoms with Crippen molar-refractivity contribution in [3.8, 4) is 46.0 Å². The van der Waals surface area contributed by atoms with Crippen LogP contribution in [0, 0.1) is 0 Å². The molecule has 4 unspecified atom stereocenters. The van der Waals surface area contributed by atoms with E-state index < -0.39 is 48.5 Å². The Morgan fingerprint density at radius 3 is 0.804 bits per heavy atom. The molecule has 20 nitrogen and oxygen atoms in total. The summed E-state index contributed by atoms with van der Waals surface area (Å²) in [6, 6.07) is 55.7. The third kappa shape index (κ3) is 15.1. The predicted molar refractivity (Wildman–Crippen MR) is 430 cm³/mol. The van der Waals surface area contributed by atoms with E-state index in [4.69, 9.17) is 37.9 Å². The van der Waals surface area contributed by atoms with Gasteiger partial charge in [-0.2, -0.15) is 0 Å². The molecule has 0 spiro atoms. The Morgan fingerprint density at radius 1 is 0.339 bits per heavy atom.